The zero-order chi connectivity index (χ0) is 11.8. The number of rotatable bonds is 4. The van der Waals surface area contributed by atoms with Gasteiger partial charge in [0.1, 0.15) is 0 Å². The van der Waals surface area contributed by atoms with Gasteiger partial charge in [-0.2, -0.15) is 0 Å². The first kappa shape index (κ1) is 13.4. The molecular weight excluding hydrogens is 200 g/mol. The molecule has 5 heteroatoms. The summed E-state index contributed by atoms with van der Waals surface area (Å²) in [6, 6.07) is 0. The molecule has 0 aliphatic rings. The lowest BCUT2D eigenvalue weighted by Gasteiger charge is -2.04. The summed E-state index contributed by atoms with van der Waals surface area (Å²) < 4.78 is 8.95. The van der Waals surface area contributed by atoms with E-state index in [1.807, 2.05) is 0 Å². The number of carbonyl (C=O) groups is 2. The lowest BCUT2D eigenvalue weighted by Crippen LogP contribution is -2.11. The monoisotopic (exact) mass is 214 g/mol. The van der Waals surface area contributed by atoms with E-state index < -0.39 is 11.9 Å². The molecule has 0 aromatic carbocycles. The topological polar surface area (TPSA) is 72.8 Å². The highest BCUT2D eigenvalue weighted by Gasteiger charge is 2.15. The van der Waals surface area contributed by atoms with Crippen molar-refractivity contribution in [2.75, 3.05) is 20.8 Å². The number of hydrogen-bond acceptors (Lipinski definition) is 5. The molecule has 0 fully saturated rings. The Bertz CT molecular complexity index is 301. The molecule has 0 heterocycles. The highest BCUT2D eigenvalue weighted by Crippen LogP contribution is 2.09. The maximum Gasteiger partial charge on any atom is 0.338 e. The van der Waals surface area contributed by atoms with Crippen molar-refractivity contribution in [1.29, 1.82) is 0 Å². The predicted molar refractivity (Wildman–Crippen MR) is 53.0 cm³/mol. The van der Waals surface area contributed by atoms with Crippen LogP contribution in [0, 0.1) is 0 Å². The Morgan fingerprint density at radius 3 is 2.13 bits per heavy atom. The first-order valence-electron chi connectivity index (χ1n) is 4.23. The Balaban J connectivity index is 5.15. The van der Waals surface area contributed by atoms with Gasteiger partial charge in [0.05, 0.1) is 26.4 Å². The molecular formula is C10H14O5. The van der Waals surface area contributed by atoms with Crippen LogP contribution in [0.4, 0.5) is 0 Å². The standard InChI is InChI=1S/C10H14O5/c1-7(9(12)14-2)8(5-4-6-11)10(13)15-3/h4-5,11H,6H2,1-3H3/b5-4+,8-7-. The minimum absolute atomic E-state index is 0.0680. The summed E-state index contributed by atoms with van der Waals surface area (Å²) in [5.41, 5.74) is 0.201. The lowest BCUT2D eigenvalue weighted by atomic mass is 10.1. The third-order valence-electron chi connectivity index (χ3n) is 1.69. The van der Waals surface area contributed by atoms with Crippen molar-refractivity contribution in [1.82, 2.24) is 0 Å². The molecule has 0 rings (SSSR count). The predicted octanol–water partition coefficient (Wildman–Crippen LogP) is 0.197. The average molecular weight is 214 g/mol. The van der Waals surface area contributed by atoms with Crippen LogP contribution in [0.25, 0.3) is 0 Å². The van der Waals surface area contributed by atoms with E-state index in [0.29, 0.717) is 0 Å². The minimum atomic E-state index is -0.650. The van der Waals surface area contributed by atoms with Gasteiger partial charge in [0.25, 0.3) is 0 Å². The Labute approximate surface area is 88.0 Å². The third kappa shape index (κ3) is 3.95. The second-order valence-electron chi connectivity index (χ2n) is 2.61. The van der Waals surface area contributed by atoms with Crippen LogP contribution in [0.15, 0.2) is 23.3 Å². The maximum absolute atomic E-state index is 11.3. The van der Waals surface area contributed by atoms with Crippen molar-refractivity contribution in [2.45, 2.75) is 6.92 Å². The van der Waals surface area contributed by atoms with Crippen LogP contribution < -0.4 is 0 Å². The van der Waals surface area contributed by atoms with E-state index in [9.17, 15) is 9.59 Å². The minimum Gasteiger partial charge on any atom is -0.466 e. The van der Waals surface area contributed by atoms with Crippen LogP contribution >= 0.6 is 0 Å². The maximum atomic E-state index is 11.3. The van der Waals surface area contributed by atoms with Gasteiger partial charge in [-0.05, 0) is 13.0 Å². The van der Waals surface area contributed by atoms with E-state index in [2.05, 4.69) is 9.47 Å². The first-order chi connectivity index (χ1) is 7.08. The molecule has 5 nitrogen and oxygen atoms in total. The van der Waals surface area contributed by atoms with E-state index in [1.54, 1.807) is 0 Å². The summed E-state index contributed by atoms with van der Waals surface area (Å²) in [5, 5.41) is 8.57. The smallest absolute Gasteiger partial charge is 0.338 e. The molecule has 0 aliphatic carbocycles. The largest absolute Gasteiger partial charge is 0.466 e. The van der Waals surface area contributed by atoms with E-state index in [1.165, 1.54) is 33.3 Å². The molecule has 0 spiro atoms. The number of ether oxygens (including phenoxy) is 2. The number of aliphatic hydroxyl groups excluding tert-OH is 1. The van der Waals surface area contributed by atoms with Gasteiger partial charge in [-0.25, -0.2) is 9.59 Å². The van der Waals surface area contributed by atoms with E-state index >= 15 is 0 Å². The molecule has 0 saturated heterocycles. The Morgan fingerprint density at radius 2 is 1.73 bits per heavy atom. The number of carbonyl (C=O) groups excluding carboxylic acids is 2. The zero-order valence-electron chi connectivity index (χ0n) is 8.94. The summed E-state index contributed by atoms with van der Waals surface area (Å²) in [4.78, 5) is 22.4. The van der Waals surface area contributed by atoms with Gasteiger partial charge < -0.3 is 14.6 Å². The second-order valence-corrected chi connectivity index (χ2v) is 2.61. The normalized spacial score (nSPS) is 12.3. The van der Waals surface area contributed by atoms with Crippen molar-refractivity contribution < 1.29 is 24.2 Å². The van der Waals surface area contributed by atoms with Gasteiger partial charge in [0, 0.05) is 5.57 Å². The fourth-order valence-corrected chi connectivity index (χ4v) is 0.890. The molecule has 0 aromatic rings. The number of hydrogen-bond donors (Lipinski definition) is 1. The highest BCUT2D eigenvalue weighted by atomic mass is 16.5. The van der Waals surface area contributed by atoms with Gasteiger partial charge in [-0.3, -0.25) is 0 Å². The molecule has 0 unspecified atom stereocenters. The molecule has 0 radical (unpaired) electrons. The molecule has 84 valence electrons. The Morgan fingerprint density at radius 1 is 1.20 bits per heavy atom. The molecule has 0 aliphatic heterocycles. The van der Waals surface area contributed by atoms with Gasteiger partial charge in [-0.1, -0.05) is 6.08 Å². The van der Waals surface area contributed by atoms with Crippen LogP contribution in [-0.2, 0) is 19.1 Å². The van der Waals surface area contributed by atoms with Crippen LogP contribution in [0.3, 0.4) is 0 Å². The summed E-state index contributed by atoms with van der Waals surface area (Å²) >= 11 is 0. The molecule has 0 saturated carbocycles. The summed E-state index contributed by atoms with van der Waals surface area (Å²) in [5.74, 6) is -1.26. The average Bonchev–Trinajstić information content (AvgIpc) is 2.27. The van der Waals surface area contributed by atoms with Crippen LogP contribution in [0.2, 0.25) is 0 Å². The highest BCUT2D eigenvalue weighted by molar-refractivity contribution is 6.01. The third-order valence-corrected chi connectivity index (χ3v) is 1.69. The molecule has 0 aromatic heterocycles. The van der Waals surface area contributed by atoms with E-state index in [4.69, 9.17) is 5.11 Å². The molecule has 0 atom stereocenters. The van der Waals surface area contributed by atoms with Gasteiger partial charge >= 0.3 is 11.9 Å². The van der Waals surface area contributed by atoms with Crippen molar-refractivity contribution in [3.05, 3.63) is 23.3 Å². The molecule has 1 N–H and O–H groups in total. The molecule has 0 amide bonds. The summed E-state index contributed by atoms with van der Waals surface area (Å²) in [7, 11) is 2.43. The van der Waals surface area contributed by atoms with Gasteiger partial charge in [0.15, 0.2) is 0 Å². The summed E-state index contributed by atoms with van der Waals surface area (Å²) in [6.07, 6.45) is 2.65. The molecule has 15 heavy (non-hydrogen) atoms. The second kappa shape index (κ2) is 6.78. The lowest BCUT2D eigenvalue weighted by molar-refractivity contribution is -0.139. The SMILES string of the molecule is COC(=O)/C(C)=C(/C=C/CO)C(=O)OC. The number of aliphatic hydroxyl groups is 1. The van der Waals surface area contributed by atoms with E-state index in [0.717, 1.165) is 0 Å². The van der Waals surface area contributed by atoms with Crippen LogP contribution in [0.5, 0.6) is 0 Å². The fourth-order valence-electron chi connectivity index (χ4n) is 0.890. The quantitative estimate of drug-likeness (QED) is 0.411. The van der Waals surface area contributed by atoms with Crippen molar-refractivity contribution in [2.24, 2.45) is 0 Å². The Hall–Kier alpha value is -1.62. The van der Waals surface area contributed by atoms with E-state index in [-0.39, 0.29) is 17.8 Å². The summed E-state index contributed by atoms with van der Waals surface area (Å²) in [6.45, 7) is 1.22. The number of esters is 2. The van der Waals surface area contributed by atoms with Crippen molar-refractivity contribution >= 4 is 11.9 Å². The van der Waals surface area contributed by atoms with Crippen molar-refractivity contribution in [3.8, 4) is 0 Å². The first-order valence-corrected chi connectivity index (χ1v) is 4.23. The van der Waals surface area contributed by atoms with Gasteiger partial charge in [-0.15, -0.1) is 0 Å². The zero-order valence-corrected chi connectivity index (χ0v) is 8.94. The number of methoxy groups -OCH3 is 2. The van der Waals surface area contributed by atoms with Crippen LogP contribution in [-0.4, -0.2) is 37.9 Å². The molecule has 0 bridgehead atoms. The van der Waals surface area contributed by atoms with Crippen molar-refractivity contribution in [3.63, 3.8) is 0 Å². The van der Waals surface area contributed by atoms with Gasteiger partial charge in [0.2, 0.25) is 0 Å². The fraction of sp³-hybridized carbons (Fsp3) is 0.400. The van der Waals surface area contributed by atoms with Crippen LogP contribution in [0.1, 0.15) is 6.92 Å². The Kier molecular flexibility index (Phi) is 6.05.